The molecule has 1 aliphatic rings. The normalized spacial score (nSPS) is 17.5. The minimum atomic E-state index is -0.803. The third-order valence-electron chi connectivity index (χ3n) is 4.85. The van der Waals surface area contributed by atoms with Gasteiger partial charge in [0.15, 0.2) is 0 Å². The molecule has 30 heavy (non-hydrogen) atoms. The molecule has 0 radical (unpaired) electrons. The van der Waals surface area contributed by atoms with Gasteiger partial charge in [0.05, 0.1) is 5.75 Å². The summed E-state index contributed by atoms with van der Waals surface area (Å²) >= 11 is 1.21. The first-order chi connectivity index (χ1) is 14.3. The highest BCUT2D eigenvalue weighted by Gasteiger charge is 2.42. The van der Waals surface area contributed by atoms with E-state index in [0.717, 1.165) is 17.7 Å². The Balaban J connectivity index is 1.83. The number of nitrogens with zero attached hydrogens (tertiary/aromatic N) is 1. The van der Waals surface area contributed by atoms with E-state index in [2.05, 4.69) is 5.32 Å². The molecule has 0 unspecified atom stereocenters. The van der Waals surface area contributed by atoms with Gasteiger partial charge in [-0.05, 0) is 36.1 Å². The predicted molar refractivity (Wildman–Crippen MR) is 110 cm³/mol. The van der Waals surface area contributed by atoms with Gasteiger partial charge in [-0.2, -0.15) is 0 Å². The number of hydrogen-bond acceptors (Lipinski definition) is 3. The van der Waals surface area contributed by atoms with E-state index in [-0.39, 0.29) is 41.4 Å². The second kappa shape index (κ2) is 9.55. The lowest BCUT2D eigenvalue weighted by Gasteiger charge is -2.33. The molecule has 0 bridgehead atoms. The summed E-state index contributed by atoms with van der Waals surface area (Å²) in [5.74, 6) is -2.24. The van der Waals surface area contributed by atoms with Crippen LogP contribution in [0.4, 0.5) is 13.2 Å². The van der Waals surface area contributed by atoms with E-state index in [1.165, 1.54) is 34.9 Å². The maximum absolute atomic E-state index is 14.4. The first-order valence-electron chi connectivity index (χ1n) is 9.66. The largest absolute Gasteiger partial charge is 0.350 e. The fraction of sp³-hybridized carbons (Fsp3) is 0.364. The molecule has 0 aliphatic carbocycles. The molecule has 0 saturated carbocycles. The highest BCUT2D eigenvalue weighted by Crippen LogP contribution is 2.42. The molecular weight excluding hydrogens is 413 g/mol. The van der Waals surface area contributed by atoms with Crippen LogP contribution >= 0.6 is 11.8 Å². The lowest BCUT2D eigenvalue weighted by molar-refractivity contribution is -0.139. The zero-order valence-corrected chi connectivity index (χ0v) is 17.5. The van der Waals surface area contributed by atoms with E-state index in [0.29, 0.717) is 6.42 Å². The molecule has 0 spiro atoms. The molecule has 0 aromatic heterocycles. The Morgan fingerprint density at radius 3 is 2.43 bits per heavy atom. The van der Waals surface area contributed by atoms with Gasteiger partial charge < -0.3 is 10.2 Å². The van der Waals surface area contributed by atoms with E-state index >= 15 is 0 Å². The van der Waals surface area contributed by atoms with Gasteiger partial charge in [0.1, 0.15) is 28.9 Å². The van der Waals surface area contributed by atoms with Gasteiger partial charge in [0, 0.05) is 18.2 Å². The van der Waals surface area contributed by atoms with Crippen LogP contribution in [0.25, 0.3) is 0 Å². The Morgan fingerprint density at radius 1 is 1.13 bits per heavy atom. The van der Waals surface area contributed by atoms with E-state index in [9.17, 15) is 22.8 Å². The summed E-state index contributed by atoms with van der Waals surface area (Å²) < 4.78 is 40.8. The third kappa shape index (κ3) is 5.16. The Bertz CT molecular complexity index is 921. The van der Waals surface area contributed by atoms with E-state index in [1.54, 1.807) is 12.1 Å². The zero-order valence-electron chi connectivity index (χ0n) is 16.7. The fourth-order valence-electron chi connectivity index (χ4n) is 3.42. The molecule has 2 aromatic rings. The van der Waals surface area contributed by atoms with Crippen molar-refractivity contribution in [2.45, 2.75) is 38.2 Å². The van der Waals surface area contributed by atoms with Crippen LogP contribution < -0.4 is 5.32 Å². The summed E-state index contributed by atoms with van der Waals surface area (Å²) in [6, 6.07) is 8.19. The van der Waals surface area contributed by atoms with Gasteiger partial charge in [-0.15, -0.1) is 11.8 Å². The Morgan fingerprint density at radius 2 is 1.80 bits per heavy atom. The molecule has 2 atom stereocenters. The number of carbonyl (C=O) groups excluding carboxylic acids is 2. The van der Waals surface area contributed by atoms with Gasteiger partial charge in [-0.1, -0.05) is 32.0 Å². The van der Waals surface area contributed by atoms with Crippen molar-refractivity contribution in [3.05, 3.63) is 71.0 Å². The standard InChI is InChI=1S/C22H23F3N2O2S/c1-13(2)9-19(21(29)26-11-14-3-5-15(23)6-4-14)27-20(28)12-30-22(27)17-8-7-16(24)10-18(17)25/h3-8,10,13,19,22H,9,11-12H2,1-2H3,(H,26,29)/t19-,22+/m0/s1. The molecule has 1 saturated heterocycles. The molecule has 1 fully saturated rings. The topological polar surface area (TPSA) is 49.4 Å². The van der Waals surface area contributed by atoms with Gasteiger partial charge in [0.25, 0.3) is 0 Å². The molecule has 1 N–H and O–H groups in total. The molecular formula is C22H23F3N2O2S. The van der Waals surface area contributed by atoms with Crippen LogP contribution in [0.1, 0.15) is 36.8 Å². The van der Waals surface area contributed by atoms with Crippen LogP contribution in [0.5, 0.6) is 0 Å². The summed E-state index contributed by atoms with van der Waals surface area (Å²) in [5, 5.41) is 2.09. The van der Waals surface area contributed by atoms with Crippen molar-refractivity contribution in [1.29, 1.82) is 0 Å². The van der Waals surface area contributed by atoms with Gasteiger partial charge in [-0.3, -0.25) is 9.59 Å². The van der Waals surface area contributed by atoms with Gasteiger partial charge >= 0.3 is 0 Å². The van der Waals surface area contributed by atoms with Crippen molar-refractivity contribution in [1.82, 2.24) is 10.2 Å². The number of halogens is 3. The summed E-state index contributed by atoms with van der Waals surface area (Å²) in [6.45, 7) is 4.04. The van der Waals surface area contributed by atoms with Crippen molar-refractivity contribution >= 4 is 23.6 Å². The maximum Gasteiger partial charge on any atom is 0.243 e. The minimum Gasteiger partial charge on any atom is -0.350 e. The summed E-state index contributed by atoms with van der Waals surface area (Å²) in [7, 11) is 0. The van der Waals surface area contributed by atoms with Crippen LogP contribution in [0, 0.1) is 23.4 Å². The Hall–Kier alpha value is -2.48. The van der Waals surface area contributed by atoms with Crippen LogP contribution in [0.3, 0.4) is 0 Å². The first kappa shape index (κ1) is 22.2. The first-order valence-corrected chi connectivity index (χ1v) is 10.7. The second-order valence-corrected chi connectivity index (χ2v) is 8.69. The molecule has 160 valence electrons. The highest BCUT2D eigenvalue weighted by molar-refractivity contribution is 8.00. The molecule has 3 rings (SSSR count). The molecule has 2 amide bonds. The number of carbonyl (C=O) groups is 2. The van der Waals surface area contributed by atoms with Crippen LogP contribution in [0.2, 0.25) is 0 Å². The summed E-state index contributed by atoms with van der Waals surface area (Å²) in [6.07, 6.45) is 0.390. The number of thioether (sulfide) groups is 1. The number of hydrogen-bond donors (Lipinski definition) is 1. The summed E-state index contributed by atoms with van der Waals surface area (Å²) in [5.41, 5.74) is 0.892. The molecule has 8 heteroatoms. The average Bonchev–Trinajstić information content (AvgIpc) is 3.06. The van der Waals surface area contributed by atoms with Gasteiger partial charge in [0.2, 0.25) is 11.8 Å². The number of amides is 2. The van der Waals surface area contributed by atoms with Crippen molar-refractivity contribution in [2.75, 3.05) is 5.75 Å². The van der Waals surface area contributed by atoms with Crippen molar-refractivity contribution < 1.29 is 22.8 Å². The van der Waals surface area contributed by atoms with Crippen molar-refractivity contribution in [3.63, 3.8) is 0 Å². The number of nitrogens with one attached hydrogen (secondary N) is 1. The second-order valence-electron chi connectivity index (χ2n) is 7.62. The molecule has 1 heterocycles. The highest BCUT2D eigenvalue weighted by atomic mass is 32.2. The van der Waals surface area contributed by atoms with E-state index in [1.807, 2.05) is 13.8 Å². The van der Waals surface area contributed by atoms with Crippen LogP contribution in [0.15, 0.2) is 42.5 Å². The Labute approximate surface area is 177 Å². The number of benzene rings is 2. The predicted octanol–water partition coefficient (Wildman–Crippen LogP) is 4.41. The van der Waals surface area contributed by atoms with Crippen LogP contribution in [-0.4, -0.2) is 28.5 Å². The Kier molecular flexibility index (Phi) is 7.07. The maximum atomic E-state index is 14.4. The lowest BCUT2D eigenvalue weighted by atomic mass is 10.00. The van der Waals surface area contributed by atoms with E-state index < -0.39 is 23.1 Å². The third-order valence-corrected chi connectivity index (χ3v) is 6.06. The summed E-state index contributed by atoms with van der Waals surface area (Å²) in [4.78, 5) is 27.1. The van der Waals surface area contributed by atoms with Crippen LogP contribution in [-0.2, 0) is 16.1 Å². The van der Waals surface area contributed by atoms with Crippen molar-refractivity contribution in [3.8, 4) is 0 Å². The minimum absolute atomic E-state index is 0.101. The van der Waals surface area contributed by atoms with Crippen molar-refractivity contribution in [2.24, 2.45) is 5.92 Å². The number of rotatable bonds is 7. The molecule has 4 nitrogen and oxygen atoms in total. The van der Waals surface area contributed by atoms with Gasteiger partial charge in [-0.25, -0.2) is 13.2 Å². The SMILES string of the molecule is CC(C)C[C@@H](C(=O)NCc1ccc(F)cc1)N1C(=O)CS[C@@H]1c1ccc(F)cc1F. The lowest BCUT2D eigenvalue weighted by Crippen LogP contribution is -2.49. The van der Waals surface area contributed by atoms with E-state index in [4.69, 9.17) is 0 Å². The monoisotopic (exact) mass is 436 g/mol. The fourth-order valence-corrected chi connectivity index (χ4v) is 4.66. The molecule has 1 aliphatic heterocycles. The average molecular weight is 436 g/mol. The quantitative estimate of drug-likeness (QED) is 0.700. The smallest absolute Gasteiger partial charge is 0.243 e. The zero-order chi connectivity index (χ0) is 21.8. The molecule has 2 aromatic carbocycles.